The van der Waals surface area contributed by atoms with E-state index in [0.29, 0.717) is 13.1 Å². The minimum atomic E-state index is -0.280. The standard InChI is InChI=1S/C11H18N2O3/c1-8-6-13(11(15)12-10(8)14)7-9-4-2-3-5-16-9/h8-9H,2-7H2,1H3,(H,12,14,15). The number of carbonyl (C=O) groups is 2. The minimum absolute atomic E-state index is 0.124. The number of nitrogens with one attached hydrogen (secondary N) is 1. The van der Waals surface area contributed by atoms with E-state index in [4.69, 9.17) is 4.74 Å². The molecule has 0 aliphatic carbocycles. The van der Waals surface area contributed by atoms with Gasteiger partial charge in [-0.05, 0) is 19.3 Å². The van der Waals surface area contributed by atoms with Gasteiger partial charge in [0.25, 0.3) is 0 Å². The molecule has 0 spiro atoms. The molecule has 2 aliphatic heterocycles. The molecule has 0 aromatic heterocycles. The number of hydrogen-bond acceptors (Lipinski definition) is 3. The van der Waals surface area contributed by atoms with Gasteiger partial charge in [-0.2, -0.15) is 0 Å². The van der Waals surface area contributed by atoms with E-state index in [1.54, 1.807) is 4.90 Å². The van der Waals surface area contributed by atoms with Crippen LogP contribution in [0.4, 0.5) is 4.79 Å². The quantitative estimate of drug-likeness (QED) is 0.755. The van der Waals surface area contributed by atoms with Crippen LogP contribution in [0.15, 0.2) is 0 Å². The Bertz CT molecular complexity index is 287. The highest BCUT2D eigenvalue weighted by molar-refractivity contribution is 5.97. The van der Waals surface area contributed by atoms with Gasteiger partial charge in [-0.1, -0.05) is 6.92 Å². The Balaban J connectivity index is 1.88. The third kappa shape index (κ3) is 2.52. The highest BCUT2D eigenvalue weighted by Crippen LogP contribution is 2.16. The van der Waals surface area contributed by atoms with Crippen molar-refractivity contribution in [2.45, 2.75) is 32.3 Å². The van der Waals surface area contributed by atoms with Crippen molar-refractivity contribution >= 4 is 11.9 Å². The zero-order valence-corrected chi connectivity index (χ0v) is 9.57. The number of nitrogens with zero attached hydrogens (tertiary/aromatic N) is 1. The molecule has 3 amide bonds. The summed E-state index contributed by atoms with van der Waals surface area (Å²) in [5.74, 6) is -0.299. The molecule has 90 valence electrons. The average molecular weight is 226 g/mol. The lowest BCUT2D eigenvalue weighted by atomic mass is 10.1. The zero-order chi connectivity index (χ0) is 11.5. The number of hydrogen-bond donors (Lipinski definition) is 1. The fraction of sp³-hybridized carbons (Fsp3) is 0.818. The van der Waals surface area contributed by atoms with Gasteiger partial charge < -0.3 is 9.64 Å². The summed E-state index contributed by atoms with van der Waals surface area (Å²) >= 11 is 0. The van der Waals surface area contributed by atoms with E-state index in [9.17, 15) is 9.59 Å². The van der Waals surface area contributed by atoms with Crippen LogP contribution in [-0.4, -0.2) is 42.6 Å². The summed E-state index contributed by atoms with van der Waals surface area (Å²) < 4.78 is 5.58. The molecule has 2 atom stereocenters. The van der Waals surface area contributed by atoms with Gasteiger partial charge in [-0.3, -0.25) is 10.1 Å². The molecular formula is C11H18N2O3. The molecule has 2 rings (SSSR count). The van der Waals surface area contributed by atoms with Crippen LogP contribution in [0.1, 0.15) is 26.2 Å². The van der Waals surface area contributed by atoms with E-state index in [2.05, 4.69) is 5.32 Å². The summed E-state index contributed by atoms with van der Waals surface area (Å²) in [5.41, 5.74) is 0. The summed E-state index contributed by atoms with van der Waals surface area (Å²) in [6.07, 6.45) is 3.41. The Hall–Kier alpha value is -1.10. The van der Waals surface area contributed by atoms with Crippen LogP contribution in [0.2, 0.25) is 0 Å². The maximum atomic E-state index is 11.6. The number of carbonyl (C=O) groups excluding carboxylic acids is 2. The molecule has 2 aliphatic rings. The van der Waals surface area contributed by atoms with E-state index >= 15 is 0 Å². The third-order valence-corrected chi connectivity index (χ3v) is 3.16. The first-order valence-electron chi connectivity index (χ1n) is 5.88. The first kappa shape index (κ1) is 11.4. The number of imide groups is 1. The van der Waals surface area contributed by atoms with Crippen LogP contribution in [-0.2, 0) is 9.53 Å². The topological polar surface area (TPSA) is 58.6 Å². The first-order valence-corrected chi connectivity index (χ1v) is 5.88. The van der Waals surface area contributed by atoms with E-state index in [0.717, 1.165) is 25.9 Å². The van der Waals surface area contributed by atoms with Crippen LogP contribution in [0, 0.1) is 5.92 Å². The third-order valence-electron chi connectivity index (χ3n) is 3.16. The van der Waals surface area contributed by atoms with E-state index in [-0.39, 0.29) is 24.0 Å². The molecule has 2 heterocycles. The van der Waals surface area contributed by atoms with E-state index < -0.39 is 0 Å². The smallest absolute Gasteiger partial charge is 0.324 e. The molecule has 5 nitrogen and oxygen atoms in total. The Kier molecular flexibility index (Phi) is 3.43. The predicted octanol–water partition coefficient (Wildman–Crippen LogP) is 0.743. The van der Waals surface area contributed by atoms with Crippen LogP contribution in [0.25, 0.3) is 0 Å². The molecule has 0 aromatic rings. The van der Waals surface area contributed by atoms with Gasteiger partial charge in [0.15, 0.2) is 0 Å². The van der Waals surface area contributed by atoms with Crippen molar-refractivity contribution in [1.82, 2.24) is 10.2 Å². The summed E-state index contributed by atoms with van der Waals surface area (Å²) in [4.78, 5) is 24.5. The van der Waals surface area contributed by atoms with Crippen molar-refractivity contribution < 1.29 is 14.3 Å². The van der Waals surface area contributed by atoms with Gasteiger partial charge in [-0.15, -0.1) is 0 Å². The fourth-order valence-electron chi connectivity index (χ4n) is 2.16. The molecule has 2 saturated heterocycles. The second-order valence-corrected chi connectivity index (χ2v) is 4.59. The molecule has 2 fully saturated rings. The summed E-state index contributed by atoms with van der Waals surface area (Å²) in [6, 6.07) is -0.280. The Morgan fingerprint density at radius 1 is 1.44 bits per heavy atom. The lowest BCUT2D eigenvalue weighted by Gasteiger charge is -2.34. The highest BCUT2D eigenvalue weighted by atomic mass is 16.5. The molecule has 0 aromatic carbocycles. The lowest BCUT2D eigenvalue weighted by Crippen LogP contribution is -2.55. The summed E-state index contributed by atoms with van der Waals surface area (Å²) in [6.45, 7) is 3.72. The average Bonchev–Trinajstić information content (AvgIpc) is 2.27. The predicted molar refractivity (Wildman–Crippen MR) is 57.9 cm³/mol. The van der Waals surface area contributed by atoms with Crippen LogP contribution in [0.5, 0.6) is 0 Å². The second kappa shape index (κ2) is 4.82. The molecule has 0 radical (unpaired) electrons. The molecular weight excluding hydrogens is 208 g/mol. The molecule has 0 bridgehead atoms. The van der Waals surface area contributed by atoms with Gasteiger partial charge in [0.05, 0.1) is 12.0 Å². The molecule has 0 saturated carbocycles. The largest absolute Gasteiger partial charge is 0.376 e. The van der Waals surface area contributed by atoms with Gasteiger partial charge in [0.2, 0.25) is 5.91 Å². The number of rotatable bonds is 2. The Labute approximate surface area is 95.1 Å². The fourth-order valence-corrected chi connectivity index (χ4v) is 2.16. The van der Waals surface area contributed by atoms with Crippen molar-refractivity contribution in [1.29, 1.82) is 0 Å². The van der Waals surface area contributed by atoms with E-state index in [1.807, 2.05) is 6.92 Å². The molecule has 1 N–H and O–H groups in total. The van der Waals surface area contributed by atoms with Gasteiger partial charge in [0.1, 0.15) is 0 Å². The second-order valence-electron chi connectivity index (χ2n) is 4.59. The maximum absolute atomic E-state index is 11.6. The number of amides is 3. The lowest BCUT2D eigenvalue weighted by molar-refractivity contribution is -0.125. The van der Waals surface area contributed by atoms with Crippen molar-refractivity contribution in [2.75, 3.05) is 19.7 Å². The highest BCUT2D eigenvalue weighted by Gasteiger charge is 2.30. The number of urea groups is 1. The monoisotopic (exact) mass is 226 g/mol. The molecule has 16 heavy (non-hydrogen) atoms. The van der Waals surface area contributed by atoms with Crippen molar-refractivity contribution in [3.05, 3.63) is 0 Å². The maximum Gasteiger partial charge on any atom is 0.324 e. The van der Waals surface area contributed by atoms with Crippen LogP contribution < -0.4 is 5.32 Å². The van der Waals surface area contributed by atoms with Crippen molar-refractivity contribution in [2.24, 2.45) is 5.92 Å². The first-order chi connectivity index (χ1) is 7.66. The minimum Gasteiger partial charge on any atom is -0.376 e. The molecule has 2 unspecified atom stereocenters. The normalized spacial score (nSPS) is 31.4. The summed E-state index contributed by atoms with van der Waals surface area (Å²) in [7, 11) is 0. The summed E-state index contributed by atoms with van der Waals surface area (Å²) in [5, 5.41) is 2.36. The SMILES string of the molecule is CC1CN(CC2CCCCO2)C(=O)NC1=O. The van der Waals surface area contributed by atoms with Crippen molar-refractivity contribution in [3.63, 3.8) is 0 Å². The van der Waals surface area contributed by atoms with Gasteiger partial charge >= 0.3 is 6.03 Å². The van der Waals surface area contributed by atoms with Crippen LogP contribution >= 0.6 is 0 Å². The van der Waals surface area contributed by atoms with Gasteiger partial charge in [0, 0.05) is 19.7 Å². The van der Waals surface area contributed by atoms with Gasteiger partial charge in [-0.25, -0.2) is 4.79 Å². The van der Waals surface area contributed by atoms with Crippen LogP contribution in [0.3, 0.4) is 0 Å². The molecule has 5 heteroatoms. The Morgan fingerprint density at radius 2 is 2.25 bits per heavy atom. The zero-order valence-electron chi connectivity index (χ0n) is 9.57. The van der Waals surface area contributed by atoms with E-state index in [1.165, 1.54) is 0 Å². The number of ether oxygens (including phenoxy) is 1. The van der Waals surface area contributed by atoms with Crippen molar-refractivity contribution in [3.8, 4) is 0 Å². The Morgan fingerprint density at radius 3 is 2.94 bits per heavy atom.